The van der Waals surface area contributed by atoms with Crippen LogP contribution < -0.4 is 10.6 Å². The van der Waals surface area contributed by atoms with Crippen LogP contribution in [0.1, 0.15) is 18.4 Å². The summed E-state index contributed by atoms with van der Waals surface area (Å²) in [7, 11) is 0. The Hall–Kier alpha value is -1.27. The number of amides is 1. The van der Waals surface area contributed by atoms with Crippen molar-refractivity contribution in [2.75, 3.05) is 11.4 Å². The Balaban J connectivity index is 2.33. The summed E-state index contributed by atoms with van der Waals surface area (Å²) in [4.78, 5) is 13.2. The van der Waals surface area contributed by atoms with E-state index in [4.69, 9.17) is 17.3 Å². The lowest BCUT2D eigenvalue weighted by Crippen LogP contribution is -2.48. The molecule has 1 aromatic rings. The minimum absolute atomic E-state index is 0.0997. The van der Waals surface area contributed by atoms with E-state index in [0.717, 1.165) is 12.1 Å². The van der Waals surface area contributed by atoms with Gasteiger partial charge in [-0.15, -0.1) is 0 Å². The highest BCUT2D eigenvalue weighted by atomic mass is 35.5. The van der Waals surface area contributed by atoms with Gasteiger partial charge in [-0.2, -0.15) is 13.2 Å². The zero-order valence-electron chi connectivity index (χ0n) is 9.88. The van der Waals surface area contributed by atoms with Crippen molar-refractivity contribution in [1.29, 1.82) is 0 Å². The highest BCUT2D eigenvalue weighted by molar-refractivity contribution is 6.34. The van der Waals surface area contributed by atoms with E-state index in [-0.39, 0.29) is 16.6 Å². The largest absolute Gasteiger partial charge is 0.416 e. The summed E-state index contributed by atoms with van der Waals surface area (Å²) in [6, 6.07) is 2.33. The molecule has 1 atom stereocenters. The lowest BCUT2D eigenvalue weighted by Gasteiger charge is -2.31. The molecule has 1 aromatic carbocycles. The molecule has 104 valence electrons. The Kier molecular flexibility index (Phi) is 3.73. The summed E-state index contributed by atoms with van der Waals surface area (Å²) in [5.41, 5.74) is 5.08. The lowest BCUT2D eigenvalue weighted by molar-refractivity contribution is -0.137. The number of nitrogens with zero attached hydrogens (tertiary/aromatic N) is 1. The fourth-order valence-electron chi connectivity index (χ4n) is 2.04. The Morgan fingerprint density at radius 3 is 2.63 bits per heavy atom. The van der Waals surface area contributed by atoms with Crippen molar-refractivity contribution in [3.8, 4) is 0 Å². The molecule has 0 spiro atoms. The number of benzene rings is 1. The fraction of sp³-hybridized carbons (Fsp3) is 0.417. The Labute approximate surface area is 113 Å². The van der Waals surface area contributed by atoms with Crippen LogP contribution in [0.4, 0.5) is 18.9 Å². The molecule has 0 aliphatic carbocycles. The maximum atomic E-state index is 12.5. The molecular weight excluding hydrogens is 281 g/mol. The van der Waals surface area contributed by atoms with Crippen LogP contribution in [0.15, 0.2) is 18.2 Å². The van der Waals surface area contributed by atoms with Gasteiger partial charge in [0.2, 0.25) is 5.91 Å². The molecule has 3 nitrogen and oxygen atoms in total. The van der Waals surface area contributed by atoms with Crippen LogP contribution in [0.3, 0.4) is 0 Å². The molecule has 19 heavy (non-hydrogen) atoms. The predicted molar refractivity (Wildman–Crippen MR) is 66.0 cm³/mol. The van der Waals surface area contributed by atoms with Crippen LogP contribution in [0, 0.1) is 0 Å². The van der Waals surface area contributed by atoms with E-state index < -0.39 is 17.8 Å². The molecule has 1 aliphatic heterocycles. The van der Waals surface area contributed by atoms with Crippen LogP contribution in [0.5, 0.6) is 0 Å². The standard InChI is InChI=1S/C12H12ClF3N2O/c13-8-6-7(12(14,15)16)3-4-10(8)18-5-1-2-9(17)11(18)19/h3-4,6,9H,1-2,5,17H2. The van der Waals surface area contributed by atoms with Gasteiger partial charge in [-0.1, -0.05) is 11.6 Å². The molecule has 0 saturated carbocycles. The number of alkyl halides is 3. The second kappa shape index (κ2) is 5.02. The van der Waals surface area contributed by atoms with Crippen molar-refractivity contribution in [3.63, 3.8) is 0 Å². The maximum absolute atomic E-state index is 12.5. The van der Waals surface area contributed by atoms with E-state index in [1.54, 1.807) is 0 Å². The molecule has 0 bridgehead atoms. The van der Waals surface area contributed by atoms with Crippen molar-refractivity contribution in [2.45, 2.75) is 25.1 Å². The quantitative estimate of drug-likeness (QED) is 0.865. The van der Waals surface area contributed by atoms with Gasteiger partial charge in [-0.25, -0.2) is 0 Å². The van der Waals surface area contributed by atoms with Crippen LogP contribution in [-0.4, -0.2) is 18.5 Å². The molecule has 1 heterocycles. The van der Waals surface area contributed by atoms with Gasteiger partial charge >= 0.3 is 6.18 Å². The first-order chi connectivity index (χ1) is 8.80. The summed E-state index contributed by atoms with van der Waals surface area (Å²) in [6.45, 7) is 0.414. The number of rotatable bonds is 1. The normalized spacial score (nSPS) is 20.8. The third-order valence-corrected chi connectivity index (χ3v) is 3.35. The van der Waals surface area contributed by atoms with Gasteiger partial charge in [0.05, 0.1) is 22.3 Å². The molecular formula is C12H12ClF3N2O. The third-order valence-electron chi connectivity index (χ3n) is 3.05. The van der Waals surface area contributed by atoms with Crippen LogP contribution in [0.25, 0.3) is 0 Å². The molecule has 2 rings (SSSR count). The van der Waals surface area contributed by atoms with Crippen LogP contribution >= 0.6 is 11.6 Å². The van der Waals surface area contributed by atoms with Gasteiger partial charge in [0.1, 0.15) is 0 Å². The van der Waals surface area contributed by atoms with Crippen molar-refractivity contribution >= 4 is 23.2 Å². The Morgan fingerprint density at radius 1 is 1.37 bits per heavy atom. The van der Waals surface area contributed by atoms with Gasteiger partial charge in [0, 0.05) is 6.54 Å². The molecule has 1 aliphatic rings. The topological polar surface area (TPSA) is 46.3 Å². The highest BCUT2D eigenvalue weighted by Gasteiger charge is 2.33. The summed E-state index contributed by atoms with van der Waals surface area (Å²) < 4.78 is 37.6. The van der Waals surface area contributed by atoms with Gasteiger partial charge in [0.25, 0.3) is 0 Å². The average molecular weight is 293 g/mol. The van der Waals surface area contributed by atoms with E-state index in [2.05, 4.69) is 0 Å². The minimum atomic E-state index is -4.45. The van der Waals surface area contributed by atoms with Crippen molar-refractivity contribution in [3.05, 3.63) is 28.8 Å². The van der Waals surface area contributed by atoms with Gasteiger partial charge < -0.3 is 10.6 Å². The van der Waals surface area contributed by atoms with Crippen molar-refractivity contribution in [2.24, 2.45) is 5.73 Å². The van der Waals surface area contributed by atoms with Gasteiger partial charge in [-0.05, 0) is 31.0 Å². The van der Waals surface area contributed by atoms with Crippen LogP contribution in [-0.2, 0) is 11.0 Å². The number of carbonyl (C=O) groups is 1. The Morgan fingerprint density at radius 2 is 2.05 bits per heavy atom. The van der Waals surface area contributed by atoms with Crippen molar-refractivity contribution < 1.29 is 18.0 Å². The summed E-state index contributed by atoms with van der Waals surface area (Å²) in [5.74, 6) is -0.312. The SMILES string of the molecule is NC1CCCN(c2ccc(C(F)(F)F)cc2Cl)C1=O. The van der Waals surface area contributed by atoms with Gasteiger partial charge in [-0.3, -0.25) is 4.79 Å². The first kappa shape index (κ1) is 14.1. The number of halogens is 4. The van der Waals surface area contributed by atoms with Crippen molar-refractivity contribution in [1.82, 2.24) is 0 Å². The third kappa shape index (κ3) is 2.84. The molecule has 1 saturated heterocycles. The highest BCUT2D eigenvalue weighted by Crippen LogP contribution is 2.35. The molecule has 7 heteroatoms. The second-order valence-corrected chi connectivity index (χ2v) is 4.81. The summed E-state index contributed by atoms with van der Waals surface area (Å²) in [6.07, 6.45) is -3.18. The lowest BCUT2D eigenvalue weighted by atomic mass is 10.0. The smallest absolute Gasteiger partial charge is 0.320 e. The number of piperidine rings is 1. The molecule has 0 radical (unpaired) electrons. The fourth-order valence-corrected chi connectivity index (χ4v) is 2.33. The van der Waals surface area contributed by atoms with Gasteiger partial charge in [0.15, 0.2) is 0 Å². The van der Waals surface area contributed by atoms with E-state index in [9.17, 15) is 18.0 Å². The monoisotopic (exact) mass is 292 g/mol. The average Bonchev–Trinajstić information content (AvgIpc) is 2.32. The number of hydrogen-bond acceptors (Lipinski definition) is 2. The van der Waals surface area contributed by atoms with E-state index in [1.807, 2.05) is 0 Å². The number of nitrogens with two attached hydrogens (primary N) is 1. The zero-order chi connectivity index (χ0) is 14.2. The first-order valence-corrected chi connectivity index (χ1v) is 6.12. The molecule has 2 N–H and O–H groups in total. The minimum Gasteiger partial charge on any atom is -0.320 e. The van der Waals surface area contributed by atoms with E-state index >= 15 is 0 Å². The number of anilines is 1. The first-order valence-electron chi connectivity index (χ1n) is 5.74. The van der Waals surface area contributed by atoms with Crippen LogP contribution in [0.2, 0.25) is 5.02 Å². The zero-order valence-corrected chi connectivity index (χ0v) is 10.6. The maximum Gasteiger partial charge on any atom is 0.416 e. The second-order valence-electron chi connectivity index (χ2n) is 4.40. The van der Waals surface area contributed by atoms with E-state index in [0.29, 0.717) is 19.4 Å². The predicted octanol–water partition coefficient (Wildman–Crippen LogP) is 2.81. The molecule has 0 aromatic heterocycles. The number of hydrogen-bond donors (Lipinski definition) is 1. The Bertz CT molecular complexity index is 504. The van der Waals surface area contributed by atoms with E-state index in [1.165, 1.54) is 11.0 Å². The number of carbonyl (C=O) groups excluding carboxylic acids is 1. The summed E-state index contributed by atoms with van der Waals surface area (Å²) >= 11 is 5.85. The molecule has 1 unspecified atom stereocenters. The molecule has 1 amide bonds. The molecule has 1 fully saturated rings. The summed E-state index contributed by atoms with van der Waals surface area (Å²) in [5, 5.41) is -0.0997.